The summed E-state index contributed by atoms with van der Waals surface area (Å²) in [7, 11) is 1.40. The normalized spacial score (nSPS) is 11.4. The summed E-state index contributed by atoms with van der Waals surface area (Å²) in [5, 5.41) is 2.77. The minimum Gasteiger partial charge on any atom is -0.360 e. The van der Waals surface area contributed by atoms with Crippen LogP contribution in [0.2, 0.25) is 0 Å². The topological polar surface area (TPSA) is 82.6 Å². The van der Waals surface area contributed by atoms with Crippen molar-refractivity contribution >= 4 is 27.4 Å². The molecule has 1 amide bonds. The first-order valence-corrected chi connectivity index (χ1v) is 10.2. The van der Waals surface area contributed by atoms with Crippen molar-refractivity contribution in [2.75, 3.05) is 37.9 Å². The maximum Gasteiger partial charge on any atom is 0.255 e. The van der Waals surface area contributed by atoms with E-state index in [1.807, 2.05) is 13.1 Å². The van der Waals surface area contributed by atoms with Crippen molar-refractivity contribution in [2.24, 2.45) is 0 Å². The summed E-state index contributed by atoms with van der Waals surface area (Å²) in [6.07, 6.45) is 3.82. The number of carbonyl (C=O) groups excluding carboxylic acids is 1. The van der Waals surface area contributed by atoms with Crippen LogP contribution in [0, 0.1) is 0 Å². The number of amides is 1. The van der Waals surface area contributed by atoms with Crippen LogP contribution < -0.4 is 10.2 Å². The minimum atomic E-state index is -3.51. The molecule has 0 aliphatic heterocycles. The fourth-order valence-electron chi connectivity index (χ4n) is 2.39. The number of nitrogens with one attached hydrogen (secondary N) is 1. The monoisotopic (exact) mass is 390 g/mol. The number of anilines is 2. The molecule has 1 N–H and O–H groups in total. The summed E-state index contributed by atoms with van der Waals surface area (Å²) in [5.41, 5.74) is 0.953. The van der Waals surface area contributed by atoms with Crippen molar-refractivity contribution in [1.29, 1.82) is 0 Å². The van der Waals surface area contributed by atoms with Gasteiger partial charge in [-0.1, -0.05) is 13.3 Å². The Balaban J connectivity index is 2.05. The maximum atomic E-state index is 12.4. The van der Waals surface area contributed by atoms with E-state index in [0.29, 0.717) is 11.3 Å². The van der Waals surface area contributed by atoms with Crippen molar-refractivity contribution in [3.63, 3.8) is 0 Å². The van der Waals surface area contributed by atoms with Crippen LogP contribution in [-0.2, 0) is 10.0 Å². The molecular weight excluding hydrogens is 364 g/mol. The predicted octanol–water partition coefficient (Wildman–Crippen LogP) is 2.82. The summed E-state index contributed by atoms with van der Waals surface area (Å²) >= 11 is 0. The van der Waals surface area contributed by atoms with E-state index in [1.54, 1.807) is 12.3 Å². The van der Waals surface area contributed by atoms with Crippen LogP contribution in [0.5, 0.6) is 0 Å². The number of aromatic nitrogens is 1. The van der Waals surface area contributed by atoms with Crippen molar-refractivity contribution in [1.82, 2.24) is 9.29 Å². The SMILES string of the molecule is CCCCN(C)c1ccc(NC(=O)c2ccc(S(=O)(=O)N(C)C)cc2)cn1. The summed E-state index contributed by atoms with van der Waals surface area (Å²) in [4.78, 5) is 18.9. The van der Waals surface area contributed by atoms with E-state index in [-0.39, 0.29) is 10.8 Å². The number of nitrogens with zero attached hydrogens (tertiary/aromatic N) is 3. The second kappa shape index (κ2) is 8.96. The van der Waals surface area contributed by atoms with Crippen LogP contribution in [0.4, 0.5) is 11.5 Å². The van der Waals surface area contributed by atoms with Gasteiger partial charge in [0.25, 0.3) is 5.91 Å². The molecule has 0 saturated heterocycles. The highest BCUT2D eigenvalue weighted by molar-refractivity contribution is 7.89. The van der Waals surface area contributed by atoms with Gasteiger partial charge in [-0.05, 0) is 42.8 Å². The van der Waals surface area contributed by atoms with Crippen molar-refractivity contribution in [2.45, 2.75) is 24.7 Å². The molecule has 0 radical (unpaired) electrons. The lowest BCUT2D eigenvalue weighted by atomic mass is 10.2. The van der Waals surface area contributed by atoms with Crippen LogP contribution >= 0.6 is 0 Å². The third-order valence-electron chi connectivity index (χ3n) is 4.14. The van der Waals surface area contributed by atoms with Crippen LogP contribution in [-0.4, -0.2) is 51.3 Å². The molecule has 0 atom stereocenters. The maximum absolute atomic E-state index is 12.4. The van der Waals surface area contributed by atoms with E-state index in [9.17, 15) is 13.2 Å². The van der Waals surface area contributed by atoms with Crippen molar-refractivity contribution < 1.29 is 13.2 Å². The second-order valence-electron chi connectivity index (χ2n) is 6.45. The largest absolute Gasteiger partial charge is 0.360 e. The molecule has 0 unspecified atom stereocenters. The molecule has 0 spiro atoms. The lowest BCUT2D eigenvalue weighted by Crippen LogP contribution is -2.22. The molecule has 1 aromatic carbocycles. The Kier molecular flexibility index (Phi) is 6.92. The summed E-state index contributed by atoms with van der Waals surface area (Å²) in [6, 6.07) is 9.49. The number of pyridine rings is 1. The van der Waals surface area contributed by atoms with Gasteiger partial charge in [0.1, 0.15) is 5.82 Å². The van der Waals surface area contributed by atoms with Gasteiger partial charge in [-0.2, -0.15) is 0 Å². The fraction of sp³-hybridized carbons (Fsp3) is 0.368. The van der Waals surface area contributed by atoms with Crippen molar-refractivity contribution in [3.05, 3.63) is 48.2 Å². The molecule has 0 aliphatic carbocycles. The second-order valence-corrected chi connectivity index (χ2v) is 8.60. The average molecular weight is 391 g/mol. The number of unbranched alkanes of at least 4 members (excludes halogenated alkanes) is 1. The Morgan fingerprint density at radius 1 is 1.07 bits per heavy atom. The van der Waals surface area contributed by atoms with E-state index in [4.69, 9.17) is 0 Å². The summed E-state index contributed by atoms with van der Waals surface area (Å²) < 4.78 is 25.3. The Hall–Kier alpha value is -2.45. The standard InChI is InChI=1S/C19H26N4O3S/c1-5-6-13-23(4)18-12-9-16(14-20-18)21-19(24)15-7-10-17(11-8-15)27(25,26)22(2)3/h7-12,14H,5-6,13H2,1-4H3,(H,21,24). The Morgan fingerprint density at radius 3 is 2.26 bits per heavy atom. The number of carbonyl (C=O) groups is 1. The third-order valence-corrected chi connectivity index (χ3v) is 5.97. The molecule has 0 fully saturated rings. The number of benzene rings is 1. The number of hydrogen-bond acceptors (Lipinski definition) is 5. The molecule has 7 nitrogen and oxygen atoms in total. The van der Waals surface area contributed by atoms with Crippen LogP contribution in [0.25, 0.3) is 0 Å². The van der Waals surface area contributed by atoms with E-state index in [0.717, 1.165) is 29.5 Å². The van der Waals surface area contributed by atoms with E-state index >= 15 is 0 Å². The van der Waals surface area contributed by atoms with Crippen molar-refractivity contribution in [3.8, 4) is 0 Å². The average Bonchev–Trinajstić information content (AvgIpc) is 2.66. The number of sulfonamides is 1. The Bertz CT molecular complexity index is 863. The van der Waals surface area contributed by atoms with Crippen LogP contribution in [0.15, 0.2) is 47.5 Å². The van der Waals surface area contributed by atoms with Crippen LogP contribution in [0.1, 0.15) is 30.1 Å². The lowest BCUT2D eigenvalue weighted by Gasteiger charge is -2.17. The molecule has 0 saturated carbocycles. The van der Waals surface area contributed by atoms with E-state index in [2.05, 4.69) is 22.1 Å². The van der Waals surface area contributed by atoms with Gasteiger partial charge in [0.05, 0.1) is 16.8 Å². The van der Waals surface area contributed by atoms with Gasteiger partial charge in [-0.25, -0.2) is 17.7 Å². The first-order chi connectivity index (χ1) is 12.8. The number of rotatable bonds is 8. The molecule has 0 aliphatic rings. The zero-order valence-corrected chi connectivity index (χ0v) is 17.0. The first-order valence-electron chi connectivity index (χ1n) is 8.77. The molecule has 2 aromatic rings. The molecule has 1 heterocycles. The predicted molar refractivity (Wildman–Crippen MR) is 108 cm³/mol. The highest BCUT2D eigenvalue weighted by atomic mass is 32.2. The molecule has 27 heavy (non-hydrogen) atoms. The van der Waals surface area contributed by atoms with Crippen LogP contribution in [0.3, 0.4) is 0 Å². The third kappa shape index (κ3) is 5.27. The zero-order chi connectivity index (χ0) is 20.0. The van der Waals surface area contributed by atoms with Gasteiger partial charge in [-0.3, -0.25) is 4.79 Å². The minimum absolute atomic E-state index is 0.144. The molecule has 2 rings (SSSR count). The highest BCUT2D eigenvalue weighted by Gasteiger charge is 2.17. The summed E-state index contributed by atoms with van der Waals surface area (Å²) in [6.45, 7) is 3.07. The summed E-state index contributed by atoms with van der Waals surface area (Å²) in [5.74, 6) is 0.525. The lowest BCUT2D eigenvalue weighted by molar-refractivity contribution is 0.102. The first kappa shape index (κ1) is 20.9. The van der Waals surface area contributed by atoms with E-state index < -0.39 is 10.0 Å². The molecule has 8 heteroatoms. The molecule has 1 aromatic heterocycles. The Morgan fingerprint density at radius 2 is 1.74 bits per heavy atom. The quantitative estimate of drug-likeness (QED) is 0.749. The number of hydrogen-bond donors (Lipinski definition) is 1. The van der Waals surface area contributed by atoms with Gasteiger partial charge in [0.15, 0.2) is 0 Å². The van der Waals surface area contributed by atoms with Gasteiger partial charge < -0.3 is 10.2 Å². The fourth-order valence-corrected chi connectivity index (χ4v) is 3.29. The van der Waals surface area contributed by atoms with Gasteiger partial charge in [0, 0.05) is 33.3 Å². The zero-order valence-electron chi connectivity index (χ0n) is 16.1. The highest BCUT2D eigenvalue weighted by Crippen LogP contribution is 2.17. The molecule has 0 bridgehead atoms. The van der Waals surface area contributed by atoms with E-state index in [1.165, 1.54) is 38.4 Å². The molecular formula is C19H26N4O3S. The smallest absolute Gasteiger partial charge is 0.255 e. The Labute approximate surface area is 161 Å². The van der Waals surface area contributed by atoms with Gasteiger partial charge >= 0.3 is 0 Å². The van der Waals surface area contributed by atoms with Gasteiger partial charge in [-0.15, -0.1) is 0 Å². The van der Waals surface area contributed by atoms with Gasteiger partial charge in [0.2, 0.25) is 10.0 Å². The molecule has 146 valence electrons.